The lowest BCUT2D eigenvalue weighted by Crippen LogP contribution is -2.54. The minimum atomic E-state index is -0.896. The first-order valence-corrected chi connectivity index (χ1v) is 5.43. The van der Waals surface area contributed by atoms with Gasteiger partial charge >= 0.3 is 0 Å². The van der Waals surface area contributed by atoms with E-state index in [0.29, 0.717) is 18.3 Å². The van der Waals surface area contributed by atoms with E-state index < -0.39 is 5.67 Å². The molecule has 0 aromatic rings. The smallest absolute Gasteiger partial charge is 0.112 e. The molecule has 13 heavy (non-hydrogen) atoms. The van der Waals surface area contributed by atoms with E-state index in [0.717, 1.165) is 25.7 Å². The maximum atomic E-state index is 14.2. The lowest BCUT2D eigenvalue weighted by atomic mass is 9.49. The number of hydrogen-bond acceptors (Lipinski definition) is 1. The summed E-state index contributed by atoms with van der Waals surface area (Å²) in [5, 5.41) is 9.38. The van der Waals surface area contributed by atoms with E-state index in [9.17, 15) is 9.50 Å². The summed E-state index contributed by atoms with van der Waals surface area (Å²) in [4.78, 5) is 0. The molecule has 1 nitrogen and oxygen atoms in total. The summed E-state index contributed by atoms with van der Waals surface area (Å²) in [5.74, 6) is 1.16. The third-order valence-corrected chi connectivity index (χ3v) is 4.45. The second kappa shape index (κ2) is 2.28. The van der Waals surface area contributed by atoms with Crippen molar-refractivity contribution in [3.05, 3.63) is 0 Å². The molecule has 0 aliphatic heterocycles. The van der Waals surface area contributed by atoms with E-state index in [1.54, 1.807) is 0 Å². The van der Waals surface area contributed by atoms with Crippen LogP contribution in [0.3, 0.4) is 0 Å². The molecular formula is C11H17FO. The quantitative estimate of drug-likeness (QED) is 0.663. The molecule has 0 radical (unpaired) electrons. The number of rotatable bonds is 1. The van der Waals surface area contributed by atoms with Gasteiger partial charge in [0.25, 0.3) is 0 Å². The van der Waals surface area contributed by atoms with Crippen molar-refractivity contribution in [1.29, 1.82) is 0 Å². The fraction of sp³-hybridized carbons (Fsp3) is 1.00. The van der Waals surface area contributed by atoms with Gasteiger partial charge in [0, 0.05) is 6.61 Å². The fourth-order valence-corrected chi connectivity index (χ4v) is 4.52. The van der Waals surface area contributed by atoms with Crippen LogP contribution in [-0.4, -0.2) is 17.4 Å². The molecule has 0 aromatic heterocycles. The van der Waals surface area contributed by atoms with E-state index in [4.69, 9.17) is 0 Å². The predicted octanol–water partition coefficient (Wildman–Crippen LogP) is 2.29. The summed E-state index contributed by atoms with van der Waals surface area (Å²) < 4.78 is 14.2. The Hall–Kier alpha value is -0.110. The number of aliphatic hydroxyl groups is 1. The van der Waals surface area contributed by atoms with Crippen molar-refractivity contribution < 1.29 is 9.50 Å². The highest BCUT2D eigenvalue weighted by Gasteiger charge is 2.57. The Morgan fingerprint density at radius 3 is 2.23 bits per heavy atom. The molecule has 4 fully saturated rings. The molecule has 0 saturated heterocycles. The Bertz CT molecular complexity index is 224. The van der Waals surface area contributed by atoms with Crippen LogP contribution in [0.5, 0.6) is 0 Å². The van der Waals surface area contributed by atoms with Crippen LogP contribution in [0, 0.1) is 17.3 Å². The van der Waals surface area contributed by atoms with Gasteiger partial charge in [0.05, 0.1) is 0 Å². The van der Waals surface area contributed by atoms with Crippen LogP contribution in [0.15, 0.2) is 0 Å². The van der Waals surface area contributed by atoms with Gasteiger partial charge in [-0.15, -0.1) is 0 Å². The molecule has 4 aliphatic carbocycles. The summed E-state index contributed by atoms with van der Waals surface area (Å²) in [5.41, 5.74) is -0.911. The Balaban J connectivity index is 1.95. The maximum Gasteiger partial charge on any atom is 0.112 e. The Labute approximate surface area is 78.3 Å². The zero-order chi connectivity index (χ0) is 9.10. The number of aliphatic hydroxyl groups excluding tert-OH is 1. The molecule has 4 atom stereocenters. The van der Waals surface area contributed by atoms with Crippen LogP contribution in [0.4, 0.5) is 4.39 Å². The standard InChI is InChI=1S/C11H17FO/c12-11-4-8-1-9(5-11)3-10(2-8,6-11)7-13/h8-9,13H,1-7H2/t8-,9+,10?,11?. The van der Waals surface area contributed by atoms with Crippen molar-refractivity contribution >= 4 is 0 Å². The monoisotopic (exact) mass is 184 g/mol. The molecule has 0 aromatic carbocycles. The van der Waals surface area contributed by atoms with Crippen molar-refractivity contribution in [2.45, 2.75) is 44.2 Å². The van der Waals surface area contributed by atoms with E-state index in [1.807, 2.05) is 0 Å². The van der Waals surface area contributed by atoms with Crippen molar-refractivity contribution in [2.75, 3.05) is 6.61 Å². The summed E-state index contributed by atoms with van der Waals surface area (Å²) in [6.45, 7) is 0.214. The molecule has 4 saturated carbocycles. The average molecular weight is 184 g/mol. The van der Waals surface area contributed by atoms with Gasteiger partial charge in [-0.3, -0.25) is 0 Å². The lowest BCUT2D eigenvalue weighted by Gasteiger charge is -2.58. The van der Waals surface area contributed by atoms with Gasteiger partial charge in [-0.2, -0.15) is 0 Å². The second-order valence-electron chi connectivity index (χ2n) is 5.77. The zero-order valence-corrected chi connectivity index (χ0v) is 7.93. The van der Waals surface area contributed by atoms with Crippen LogP contribution in [0.25, 0.3) is 0 Å². The average Bonchev–Trinajstić information content (AvgIpc) is 1.99. The molecule has 74 valence electrons. The van der Waals surface area contributed by atoms with E-state index in [1.165, 1.54) is 6.42 Å². The van der Waals surface area contributed by atoms with Crippen molar-refractivity contribution in [3.63, 3.8) is 0 Å². The van der Waals surface area contributed by atoms with Crippen LogP contribution >= 0.6 is 0 Å². The van der Waals surface area contributed by atoms with E-state index in [-0.39, 0.29) is 12.0 Å². The van der Waals surface area contributed by atoms with Crippen molar-refractivity contribution in [2.24, 2.45) is 17.3 Å². The van der Waals surface area contributed by atoms with Gasteiger partial charge in [0.15, 0.2) is 0 Å². The van der Waals surface area contributed by atoms with E-state index in [2.05, 4.69) is 0 Å². The molecule has 2 unspecified atom stereocenters. The minimum Gasteiger partial charge on any atom is -0.396 e. The molecule has 2 heteroatoms. The first-order chi connectivity index (χ1) is 6.13. The van der Waals surface area contributed by atoms with Crippen LogP contribution < -0.4 is 0 Å². The van der Waals surface area contributed by atoms with Gasteiger partial charge in [0.1, 0.15) is 5.67 Å². The highest BCUT2D eigenvalue weighted by atomic mass is 19.1. The van der Waals surface area contributed by atoms with Crippen LogP contribution in [0.2, 0.25) is 0 Å². The molecule has 0 amide bonds. The maximum absolute atomic E-state index is 14.2. The summed E-state index contributed by atoms with van der Waals surface area (Å²) >= 11 is 0. The molecule has 0 spiro atoms. The number of alkyl halides is 1. The molecule has 1 N–H and O–H groups in total. The van der Waals surface area contributed by atoms with Crippen LogP contribution in [0.1, 0.15) is 38.5 Å². The normalized spacial score (nSPS) is 58.6. The van der Waals surface area contributed by atoms with Crippen molar-refractivity contribution in [1.82, 2.24) is 0 Å². The second-order valence-corrected chi connectivity index (χ2v) is 5.77. The lowest BCUT2D eigenvalue weighted by molar-refractivity contribution is -0.139. The summed E-state index contributed by atoms with van der Waals surface area (Å²) in [6.07, 6.45) is 5.62. The van der Waals surface area contributed by atoms with Gasteiger partial charge < -0.3 is 5.11 Å². The number of halogens is 1. The Morgan fingerprint density at radius 1 is 1.15 bits per heavy atom. The van der Waals surface area contributed by atoms with Crippen LogP contribution in [-0.2, 0) is 0 Å². The fourth-order valence-electron chi connectivity index (χ4n) is 4.52. The minimum absolute atomic E-state index is 0.0150. The summed E-state index contributed by atoms with van der Waals surface area (Å²) in [7, 11) is 0. The third kappa shape index (κ3) is 1.08. The zero-order valence-electron chi connectivity index (χ0n) is 7.93. The Morgan fingerprint density at radius 2 is 1.77 bits per heavy atom. The predicted molar refractivity (Wildman–Crippen MR) is 48.0 cm³/mol. The first kappa shape index (κ1) is 8.22. The topological polar surface area (TPSA) is 20.2 Å². The molecular weight excluding hydrogens is 167 g/mol. The van der Waals surface area contributed by atoms with Crippen molar-refractivity contribution in [3.8, 4) is 0 Å². The van der Waals surface area contributed by atoms with Gasteiger partial charge in [-0.1, -0.05) is 0 Å². The highest BCUT2D eigenvalue weighted by Crippen LogP contribution is 2.62. The largest absolute Gasteiger partial charge is 0.396 e. The highest BCUT2D eigenvalue weighted by molar-refractivity contribution is 5.08. The number of hydrogen-bond donors (Lipinski definition) is 1. The molecule has 4 bridgehead atoms. The van der Waals surface area contributed by atoms with Gasteiger partial charge in [-0.25, -0.2) is 4.39 Å². The SMILES string of the molecule is OCC12C[C@@H]3C[C@@H](CC(F)(C3)C1)C2. The Kier molecular flexibility index (Phi) is 1.44. The molecule has 0 heterocycles. The molecule has 4 aliphatic rings. The van der Waals surface area contributed by atoms with E-state index >= 15 is 0 Å². The van der Waals surface area contributed by atoms with Gasteiger partial charge in [-0.05, 0) is 55.8 Å². The summed E-state index contributed by atoms with van der Waals surface area (Å²) in [6, 6.07) is 0. The molecule has 4 rings (SSSR count). The third-order valence-electron chi connectivity index (χ3n) is 4.45. The first-order valence-electron chi connectivity index (χ1n) is 5.43. The van der Waals surface area contributed by atoms with Gasteiger partial charge in [0.2, 0.25) is 0 Å².